The van der Waals surface area contributed by atoms with Gasteiger partial charge in [-0.15, -0.1) is 0 Å². The number of para-hydroxylation sites is 1. The van der Waals surface area contributed by atoms with Crippen molar-refractivity contribution in [3.05, 3.63) is 30.3 Å². The van der Waals surface area contributed by atoms with E-state index in [1.54, 1.807) is 0 Å². The summed E-state index contributed by atoms with van der Waals surface area (Å²) in [6, 6.07) is 10.7. The first-order chi connectivity index (χ1) is 10.8. The molecule has 0 bridgehead atoms. The van der Waals surface area contributed by atoms with Crippen LogP contribution in [0.3, 0.4) is 0 Å². The number of carbonyl (C=O) groups excluding carboxylic acids is 1. The summed E-state index contributed by atoms with van der Waals surface area (Å²) in [6.07, 6.45) is 0. The van der Waals surface area contributed by atoms with Crippen LogP contribution in [0.2, 0.25) is 0 Å². The van der Waals surface area contributed by atoms with Gasteiger partial charge in [-0.3, -0.25) is 0 Å². The lowest BCUT2D eigenvalue weighted by atomic mass is 10.2. The Balaban J connectivity index is 1.50. The van der Waals surface area contributed by atoms with Gasteiger partial charge in [0.2, 0.25) is 0 Å². The van der Waals surface area contributed by atoms with Gasteiger partial charge in [0.05, 0.1) is 0 Å². The zero-order valence-electron chi connectivity index (χ0n) is 13.4. The maximum absolute atomic E-state index is 12.6. The molecular weight excluding hydrogens is 276 g/mol. The van der Waals surface area contributed by atoms with Crippen molar-refractivity contribution < 1.29 is 4.79 Å². The highest BCUT2D eigenvalue weighted by atomic mass is 16.2. The summed E-state index contributed by atoms with van der Waals surface area (Å²) in [6.45, 7) is 10.5. The van der Waals surface area contributed by atoms with Crippen molar-refractivity contribution in [3.63, 3.8) is 0 Å². The van der Waals surface area contributed by atoms with Gasteiger partial charge < -0.3 is 19.6 Å². The molecular formula is C17H26N4O. The van der Waals surface area contributed by atoms with Crippen molar-refractivity contribution in [1.82, 2.24) is 14.7 Å². The molecule has 1 aromatic carbocycles. The number of rotatable bonds is 2. The van der Waals surface area contributed by atoms with Crippen molar-refractivity contribution in [3.8, 4) is 0 Å². The highest BCUT2D eigenvalue weighted by Gasteiger charge is 2.27. The molecule has 0 radical (unpaired) electrons. The molecule has 2 fully saturated rings. The number of hydrogen-bond acceptors (Lipinski definition) is 3. The third-order valence-corrected chi connectivity index (χ3v) is 4.76. The maximum Gasteiger partial charge on any atom is 0.320 e. The lowest BCUT2D eigenvalue weighted by Crippen LogP contribution is -2.56. The molecule has 2 aliphatic rings. The molecule has 1 aromatic rings. The standard InChI is InChI=1S/C17H26N4O/c1-2-18-8-10-20(11-9-18)17(22)21-14-12-19(13-15-21)16-6-4-3-5-7-16/h3-7H,2,8-15H2,1H3. The molecule has 120 valence electrons. The number of benzene rings is 1. The van der Waals surface area contributed by atoms with E-state index in [0.717, 1.165) is 58.9 Å². The van der Waals surface area contributed by atoms with Gasteiger partial charge in [0.25, 0.3) is 0 Å². The number of amides is 2. The first kappa shape index (κ1) is 15.2. The first-order valence-corrected chi connectivity index (χ1v) is 8.34. The highest BCUT2D eigenvalue weighted by molar-refractivity contribution is 5.75. The predicted molar refractivity (Wildman–Crippen MR) is 89.3 cm³/mol. The van der Waals surface area contributed by atoms with Crippen LogP contribution < -0.4 is 4.90 Å². The largest absolute Gasteiger partial charge is 0.368 e. The number of hydrogen-bond donors (Lipinski definition) is 0. The van der Waals surface area contributed by atoms with E-state index in [1.165, 1.54) is 5.69 Å². The van der Waals surface area contributed by atoms with E-state index in [0.29, 0.717) is 0 Å². The molecule has 0 aliphatic carbocycles. The second-order valence-corrected chi connectivity index (χ2v) is 6.01. The van der Waals surface area contributed by atoms with E-state index in [2.05, 4.69) is 41.0 Å². The average molecular weight is 302 g/mol. The molecule has 2 heterocycles. The molecule has 0 aromatic heterocycles. The Hall–Kier alpha value is -1.75. The summed E-state index contributed by atoms with van der Waals surface area (Å²) >= 11 is 0. The average Bonchev–Trinajstić information content (AvgIpc) is 2.62. The van der Waals surface area contributed by atoms with E-state index >= 15 is 0 Å². The van der Waals surface area contributed by atoms with Gasteiger partial charge in [0, 0.05) is 58.0 Å². The highest BCUT2D eigenvalue weighted by Crippen LogP contribution is 2.16. The first-order valence-electron chi connectivity index (χ1n) is 8.34. The van der Waals surface area contributed by atoms with Crippen LogP contribution in [0.25, 0.3) is 0 Å². The fourth-order valence-corrected chi connectivity index (χ4v) is 3.25. The Morgan fingerprint density at radius 3 is 1.95 bits per heavy atom. The van der Waals surface area contributed by atoms with Crippen molar-refractivity contribution in [1.29, 1.82) is 0 Å². The Morgan fingerprint density at radius 2 is 1.41 bits per heavy atom. The molecule has 0 unspecified atom stereocenters. The lowest BCUT2D eigenvalue weighted by molar-refractivity contribution is 0.113. The van der Waals surface area contributed by atoms with Crippen LogP contribution in [0.1, 0.15) is 6.92 Å². The molecule has 5 heteroatoms. The predicted octanol–water partition coefficient (Wildman–Crippen LogP) is 1.57. The van der Waals surface area contributed by atoms with Gasteiger partial charge in [-0.1, -0.05) is 25.1 Å². The Kier molecular flexibility index (Phi) is 4.83. The van der Waals surface area contributed by atoms with Gasteiger partial charge in [0.1, 0.15) is 0 Å². The Labute approximate surface area is 133 Å². The number of carbonyl (C=O) groups is 1. The minimum absolute atomic E-state index is 0.225. The number of likely N-dealkylation sites (N-methyl/N-ethyl adjacent to an activating group) is 1. The molecule has 0 saturated carbocycles. The zero-order chi connectivity index (χ0) is 15.4. The van der Waals surface area contributed by atoms with Crippen LogP contribution >= 0.6 is 0 Å². The summed E-state index contributed by atoms with van der Waals surface area (Å²) in [5, 5.41) is 0. The van der Waals surface area contributed by atoms with Crippen molar-refractivity contribution >= 4 is 11.7 Å². The normalized spacial score (nSPS) is 20.3. The van der Waals surface area contributed by atoms with Crippen molar-refractivity contribution in [2.24, 2.45) is 0 Å². The number of urea groups is 1. The summed E-state index contributed by atoms with van der Waals surface area (Å²) in [5.74, 6) is 0. The van der Waals surface area contributed by atoms with Crippen LogP contribution in [0.4, 0.5) is 10.5 Å². The second kappa shape index (κ2) is 7.01. The minimum Gasteiger partial charge on any atom is -0.368 e. The smallest absolute Gasteiger partial charge is 0.320 e. The quantitative estimate of drug-likeness (QED) is 0.830. The van der Waals surface area contributed by atoms with Crippen LogP contribution in [0.5, 0.6) is 0 Å². The Bertz CT molecular complexity index is 477. The van der Waals surface area contributed by atoms with Crippen LogP contribution in [0, 0.1) is 0 Å². The SMILES string of the molecule is CCN1CCN(C(=O)N2CCN(c3ccccc3)CC2)CC1. The molecule has 0 atom stereocenters. The van der Waals surface area contributed by atoms with E-state index in [9.17, 15) is 4.79 Å². The van der Waals surface area contributed by atoms with Gasteiger partial charge in [-0.25, -0.2) is 4.79 Å². The maximum atomic E-state index is 12.6. The van der Waals surface area contributed by atoms with E-state index < -0.39 is 0 Å². The Morgan fingerprint density at radius 1 is 0.864 bits per heavy atom. The summed E-state index contributed by atoms with van der Waals surface area (Å²) in [4.78, 5) is 21.4. The molecule has 0 N–H and O–H groups in total. The van der Waals surface area contributed by atoms with Gasteiger partial charge >= 0.3 is 6.03 Å². The fourth-order valence-electron chi connectivity index (χ4n) is 3.25. The summed E-state index contributed by atoms with van der Waals surface area (Å²) in [7, 11) is 0. The van der Waals surface area contributed by atoms with E-state index in [1.807, 2.05) is 15.9 Å². The van der Waals surface area contributed by atoms with Crippen LogP contribution in [-0.4, -0.2) is 79.6 Å². The number of piperazine rings is 2. The van der Waals surface area contributed by atoms with Gasteiger partial charge in [0.15, 0.2) is 0 Å². The molecule has 2 amide bonds. The van der Waals surface area contributed by atoms with Gasteiger partial charge in [-0.2, -0.15) is 0 Å². The lowest BCUT2D eigenvalue weighted by Gasteiger charge is -2.41. The molecule has 5 nitrogen and oxygen atoms in total. The molecule has 22 heavy (non-hydrogen) atoms. The van der Waals surface area contributed by atoms with Crippen LogP contribution in [-0.2, 0) is 0 Å². The monoisotopic (exact) mass is 302 g/mol. The molecule has 0 spiro atoms. The van der Waals surface area contributed by atoms with Gasteiger partial charge in [-0.05, 0) is 18.7 Å². The summed E-state index contributed by atoms with van der Waals surface area (Å²) < 4.78 is 0. The summed E-state index contributed by atoms with van der Waals surface area (Å²) in [5.41, 5.74) is 1.26. The third kappa shape index (κ3) is 3.35. The minimum atomic E-state index is 0.225. The van der Waals surface area contributed by atoms with Crippen molar-refractivity contribution in [2.45, 2.75) is 6.92 Å². The van der Waals surface area contributed by atoms with Crippen LogP contribution in [0.15, 0.2) is 30.3 Å². The zero-order valence-corrected chi connectivity index (χ0v) is 13.4. The number of anilines is 1. The number of nitrogens with zero attached hydrogens (tertiary/aromatic N) is 4. The molecule has 3 rings (SSSR count). The third-order valence-electron chi connectivity index (χ3n) is 4.76. The van der Waals surface area contributed by atoms with E-state index in [-0.39, 0.29) is 6.03 Å². The van der Waals surface area contributed by atoms with Crippen molar-refractivity contribution in [2.75, 3.05) is 63.8 Å². The second-order valence-electron chi connectivity index (χ2n) is 6.01. The fraction of sp³-hybridized carbons (Fsp3) is 0.588. The van der Waals surface area contributed by atoms with E-state index in [4.69, 9.17) is 0 Å². The topological polar surface area (TPSA) is 30.0 Å². The molecule has 2 saturated heterocycles. The molecule has 2 aliphatic heterocycles.